The smallest absolute Gasteiger partial charge is 0.416 e. The number of alkyl halides is 6. The maximum atomic E-state index is 12.5. The molecular weight excluding hydrogens is 446 g/mol. The van der Waals surface area contributed by atoms with Crippen molar-refractivity contribution in [3.05, 3.63) is 65.2 Å². The van der Waals surface area contributed by atoms with E-state index in [0.717, 1.165) is 36.4 Å². The van der Waals surface area contributed by atoms with Crippen molar-refractivity contribution in [2.45, 2.75) is 25.4 Å². The van der Waals surface area contributed by atoms with Crippen LogP contribution >= 0.6 is 0 Å². The van der Waals surface area contributed by atoms with Crippen LogP contribution in [0.1, 0.15) is 28.4 Å². The van der Waals surface area contributed by atoms with Crippen molar-refractivity contribution in [2.24, 2.45) is 0 Å². The van der Waals surface area contributed by atoms with E-state index in [1.54, 1.807) is 0 Å². The highest BCUT2D eigenvalue weighted by molar-refractivity contribution is 5.97. The van der Waals surface area contributed by atoms with Gasteiger partial charge in [0, 0.05) is 11.3 Å². The molecule has 0 spiro atoms. The molecule has 0 heterocycles. The minimum absolute atomic E-state index is 0.0431. The van der Waals surface area contributed by atoms with E-state index >= 15 is 0 Å². The first-order chi connectivity index (χ1) is 14.8. The fraction of sp³-hybridized carbons (Fsp3) is 0.250. The zero-order valence-corrected chi connectivity index (χ0v) is 16.3. The summed E-state index contributed by atoms with van der Waals surface area (Å²) in [5, 5.41) is 4.41. The van der Waals surface area contributed by atoms with Crippen LogP contribution in [0, 0.1) is 0 Å². The first kappa shape index (κ1) is 24.7. The second-order valence-electron chi connectivity index (χ2n) is 6.45. The molecule has 32 heavy (non-hydrogen) atoms. The zero-order valence-electron chi connectivity index (χ0n) is 16.3. The van der Waals surface area contributed by atoms with Crippen LogP contribution in [0.3, 0.4) is 0 Å². The van der Waals surface area contributed by atoms with Gasteiger partial charge in [-0.3, -0.25) is 14.4 Å². The molecule has 2 rings (SSSR count). The minimum atomic E-state index is -4.56. The van der Waals surface area contributed by atoms with E-state index < -0.39 is 53.9 Å². The molecule has 0 aliphatic rings. The monoisotopic (exact) mass is 462 g/mol. The van der Waals surface area contributed by atoms with Gasteiger partial charge in [0.15, 0.2) is 6.10 Å². The number of rotatable bonds is 6. The highest BCUT2D eigenvalue weighted by atomic mass is 19.4. The molecule has 0 saturated carbocycles. The molecule has 1 unspecified atom stereocenters. The number of hydrogen-bond acceptors (Lipinski definition) is 4. The molecule has 2 N–H and O–H groups in total. The number of amides is 2. The van der Waals surface area contributed by atoms with Gasteiger partial charge in [-0.25, -0.2) is 0 Å². The summed E-state index contributed by atoms with van der Waals surface area (Å²) in [7, 11) is 0. The number of carbonyl (C=O) groups is 3. The van der Waals surface area contributed by atoms with Crippen molar-refractivity contribution >= 4 is 23.5 Å². The van der Waals surface area contributed by atoms with Crippen LogP contribution in [0.2, 0.25) is 0 Å². The third-order valence-corrected chi connectivity index (χ3v) is 4.02. The predicted molar refractivity (Wildman–Crippen MR) is 99.4 cm³/mol. The molecule has 0 radical (unpaired) electrons. The van der Waals surface area contributed by atoms with Crippen LogP contribution in [0.15, 0.2) is 48.5 Å². The molecule has 0 aromatic heterocycles. The van der Waals surface area contributed by atoms with E-state index in [4.69, 9.17) is 4.74 Å². The van der Waals surface area contributed by atoms with Crippen molar-refractivity contribution < 1.29 is 45.5 Å². The quantitative estimate of drug-likeness (QED) is 0.502. The van der Waals surface area contributed by atoms with Crippen LogP contribution in [0.25, 0.3) is 0 Å². The van der Waals surface area contributed by atoms with Gasteiger partial charge in [0.1, 0.15) is 6.54 Å². The van der Waals surface area contributed by atoms with Gasteiger partial charge in [-0.15, -0.1) is 0 Å². The van der Waals surface area contributed by atoms with E-state index in [1.165, 1.54) is 6.92 Å². The Kier molecular flexibility index (Phi) is 7.49. The summed E-state index contributed by atoms with van der Waals surface area (Å²) in [6.07, 6.45) is -10.4. The van der Waals surface area contributed by atoms with Crippen LogP contribution in [-0.4, -0.2) is 30.4 Å². The first-order valence-corrected chi connectivity index (χ1v) is 8.90. The number of halogens is 6. The lowest BCUT2D eigenvalue weighted by Gasteiger charge is -2.14. The SMILES string of the molecule is CC(OC(=O)CNC(=O)c1ccc(C(F)(F)F)cc1)C(=O)Nc1ccc(C(F)(F)F)cc1. The predicted octanol–water partition coefficient (Wildman–Crippen LogP) is 4.02. The summed E-state index contributed by atoms with van der Waals surface area (Å²) in [5.74, 6) is -2.68. The molecule has 1 atom stereocenters. The summed E-state index contributed by atoms with van der Waals surface area (Å²) in [6.45, 7) is 0.534. The number of benzene rings is 2. The van der Waals surface area contributed by atoms with Crippen LogP contribution in [-0.2, 0) is 26.7 Å². The average molecular weight is 462 g/mol. The van der Waals surface area contributed by atoms with Crippen molar-refractivity contribution in [3.8, 4) is 0 Å². The van der Waals surface area contributed by atoms with Gasteiger partial charge < -0.3 is 15.4 Å². The molecule has 2 amide bonds. The second-order valence-corrected chi connectivity index (χ2v) is 6.45. The van der Waals surface area contributed by atoms with Gasteiger partial charge in [0.2, 0.25) is 0 Å². The summed E-state index contributed by atoms with van der Waals surface area (Å²) in [4.78, 5) is 35.7. The zero-order chi connectivity index (χ0) is 24.1. The molecule has 0 bridgehead atoms. The Morgan fingerprint density at radius 3 is 1.78 bits per heavy atom. The van der Waals surface area contributed by atoms with Gasteiger partial charge >= 0.3 is 18.3 Å². The van der Waals surface area contributed by atoms with Crippen LogP contribution < -0.4 is 10.6 Å². The molecule has 6 nitrogen and oxygen atoms in total. The average Bonchev–Trinajstić information content (AvgIpc) is 2.71. The normalized spacial score (nSPS) is 12.6. The number of anilines is 1. The van der Waals surface area contributed by atoms with E-state index in [1.807, 2.05) is 0 Å². The number of esters is 1. The lowest BCUT2D eigenvalue weighted by Crippen LogP contribution is -2.35. The largest absolute Gasteiger partial charge is 0.451 e. The Labute approximate surface area is 177 Å². The Morgan fingerprint density at radius 1 is 0.844 bits per heavy atom. The van der Waals surface area contributed by atoms with Crippen LogP contribution in [0.5, 0.6) is 0 Å². The molecule has 0 saturated heterocycles. The summed E-state index contributed by atoms with van der Waals surface area (Å²) < 4.78 is 80.0. The van der Waals surface area contributed by atoms with Gasteiger partial charge in [-0.1, -0.05) is 0 Å². The minimum Gasteiger partial charge on any atom is -0.451 e. The molecule has 2 aromatic rings. The van der Waals surface area contributed by atoms with Crippen molar-refractivity contribution in [2.75, 3.05) is 11.9 Å². The van der Waals surface area contributed by atoms with Gasteiger partial charge in [-0.05, 0) is 55.5 Å². The molecule has 0 aliphatic carbocycles. The van der Waals surface area contributed by atoms with Crippen molar-refractivity contribution in [1.29, 1.82) is 0 Å². The number of ether oxygens (including phenoxy) is 1. The van der Waals surface area contributed by atoms with E-state index in [-0.39, 0.29) is 11.3 Å². The number of carbonyl (C=O) groups excluding carboxylic acids is 3. The van der Waals surface area contributed by atoms with Crippen molar-refractivity contribution in [3.63, 3.8) is 0 Å². The third kappa shape index (κ3) is 7.00. The molecule has 12 heteroatoms. The van der Waals surface area contributed by atoms with Gasteiger partial charge in [0.25, 0.3) is 11.8 Å². The molecular formula is C20H16F6N2O4. The first-order valence-electron chi connectivity index (χ1n) is 8.90. The highest BCUT2D eigenvalue weighted by Crippen LogP contribution is 2.30. The Hall–Kier alpha value is -3.57. The summed E-state index contributed by atoms with van der Waals surface area (Å²) in [6, 6.07) is 6.88. The molecule has 0 fully saturated rings. The molecule has 0 aliphatic heterocycles. The Morgan fingerprint density at radius 2 is 1.31 bits per heavy atom. The lowest BCUT2D eigenvalue weighted by atomic mass is 10.1. The molecule has 172 valence electrons. The summed E-state index contributed by atoms with van der Waals surface area (Å²) in [5.41, 5.74) is -1.93. The number of hydrogen-bond donors (Lipinski definition) is 2. The maximum Gasteiger partial charge on any atom is 0.416 e. The van der Waals surface area contributed by atoms with E-state index in [0.29, 0.717) is 12.1 Å². The Balaban J connectivity index is 1.83. The van der Waals surface area contributed by atoms with E-state index in [9.17, 15) is 40.7 Å². The highest BCUT2D eigenvalue weighted by Gasteiger charge is 2.31. The van der Waals surface area contributed by atoms with Crippen LogP contribution in [0.4, 0.5) is 32.0 Å². The van der Waals surface area contributed by atoms with Crippen molar-refractivity contribution in [1.82, 2.24) is 5.32 Å². The Bertz CT molecular complexity index is 970. The summed E-state index contributed by atoms with van der Waals surface area (Å²) >= 11 is 0. The van der Waals surface area contributed by atoms with Gasteiger partial charge in [0.05, 0.1) is 11.1 Å². The van der Waals surface area contributed by atoms with E-state index in [2.05, 4.69) is 10.6 Å². The second kappa shape index (κ2) is 9.71. The topological polar surface area (TPSA) is 84.5 Å². The number of nitrogens with one attached hydrogen (secondary N) is 2. The lowest BCUT2D eigenvalue weighted by molar-refractivity contribution is -0.152. The fourth-order valence-electron chi connectivity index (χ4n) is 2.34. The third-order valence-electron chi connectivity index (χ3n) is 4.02. The van der Waals surface area contributed by atoms with Gasteiger partial charge in [-0.2, -0.15) is 26.3 Å². The maximum absolute atomic E-state index is 12.5. The molecule has 2 aromatic carbocycles. The standard InChI is InChI=1S/C20H16F6N2O4/c1-11(17(30)28-15-8-6-14(7-9-15)20(24,25)26)32-16(29)10-27-18(31)12-2-4-13(5-3-12)19(21,22)23/h2-9,11H,10H2,1H3,(H,27,31)(H,28,30). The fourth-order valence-corrected chi connectivity index (χ4v) is 2.34.